The standard InChI is InChI=1S/C19H21N5O4/c1-24-14(16-4-2-9-28-16)11-17(23-24)22-18(26)12-5-6-15(25)13(10-12)19(27)21-8-3-7-20/h2,4-6,9-11,25H,3,7-8,20H2,1H3,(H,21,27)(H,22,23,26). The number of nitrogens with zero attached hydrogens (tertiary/aromatic N) is 2. The number of rotatable bonds is 7. The molecule has 5 N–H and O–H groups in total. The number of furan rings is 1. The van der Waals surface area contributed by atoms with Gasteiger partial charge in [0.15, 0.2) is 11.6 Å². The molecular weight excluding hydrogens is 362 g/mol. The van der Waals surface area contributed by atoms with Crippen molar-refractivity contribution in [1.29, 1.82) is 0 Å². The third-order valence-electron chi connectivity index (χ3n) is 4.06. The number of benzene rings is 1. The molecule has 0 bridgehead atoms. The number of aromatic hydroxyl groups is 1. The molecule has 3 aromatic rings. The predicted molar refractivity (Wildman–Crippen MR) is 103 cm³/mol. The van der Waals surface area contributed by atoms with E-state index in [-0.39, 0.29) is 16.9 Å². The topological polar surface area (TPSA) is 135 Å². The SMILES string of the molecule is Cn1nc(NC(=O)c2ccc(O)c(C(=O)NCCCN)c2)cc1-c1ccco1. The Labute approximate surface area is 161 Å². The molecule has 0 aliphatic rings. The molecule has 0 aliphatic carbocycles. The highest BCUT2D eigenvalue weighted by molar-refractivity contribution is 6.06. The Balaban J connectivity index is 1.75. The lowest BCUT2D eigenvalue weighted by Crippen LogP contribution is -2.26. The Kier molecular flexibility index (Phi) is 5.75. The summed E-state index contributed by atoms with van der Waals surface area (Å²) in [5.74, 6) is -0.184. The zero-order valence-electron chi connectivity index (χ0n) is 15.3. The van der Waals surface area contributed by atoms with Crippen LogP contribution < -0.4 is 16.4 Å². The highest BCUT2D eigenvalue weighted by Crippen LogP contribution is 2.23. The van der Waals surface area contributed by atoms with E-state index >= 15 is 0 Å². The summed E-state index contributed by atoms with van der Waals surface area (Å²) < 4.78 is 6.93. The summed E-state index contributed by atoms with van der Waals surface area (Å²) in [4.78, 5) is 24.7. The average Bonchev–Trinajstić information content (AvgIpc) is 3.31. The molecule has 2 aromatic heterocycles. The van der Waals surface area contributed by atoms with Crippen molar-refractivity contribution in [3.8, 4) is 17.2 Å². The van der Waals surface area contributed by atoms with Gasteiger partial charge in [-0.2, -0.15) is 5.10 Å². The number of carbonyl (C=O) groups excluding carboxylic acids is 2. The van der Waals surface area contributed by atoms with Crippen molar-refractivity contribution in [2.45, 2.75) is 6.42 Å². The molecule has 146 valence electrons. The van der Waals surface area contributed by atoms with Gasteiger partial charge in [-0.3, -0.25) is 14.3 Å². The number of nitrogens with two attached hydrogens (primary N) is 1. The van der Waals surface area contributed by atoms with E-state index in [2.05, 4.69) is 15.7 Å². The van der Waals surface area contributed by atoms with Gasteiger partial charge >= 0.3 is 0 Å². The van der Waals surface area contributed by atoms with Crippen LogP contribution in [0, 0.1) is 0 Å². The van der Waals surface area contributed by atoms with Gasteiger partial charge in [0.2, 0.25) is 0 Å². The fraction of sp³-hybridized carbons (Fsp3) is 0.211. The number of aryl methyl sites for hydroxylation is 1. The molecule has 1 aromatic carbocycles. The molecule has 9 heteroatoms. The van der Waals surface area contributed by atoms with Crippen LogP contribution in [-0.4, -0.2) is 39.8 Å². The summed E-state index contributed by atoms with van der Waals surface area (Å²) in [5, 5.41) is 19.5. The van der Waals surface area contributed by atoms with Crippen LogP contribution in [0.5, 0.6) is 5.75 Å². The highest BCUT2D eigenvalue weighted by Gasteiger charge is 2.17. The minimum atomic E-state index is -0.474. The first-order valence-electron chi connectivity index (χ1n) is 8.70. The van der Waals surface area contributed by atoms with E-state index in [1.54, 1.807) is 36.2 Å². The normalized spacial score (nSPS) is 10.6. The maximum Gasteiger partial charge on any atom is 0.256 e. The van der Waals surface area contributed by atoms with Gasteiger partial charge < -0.3 is 25.9 Å². The van der Waals surface area contributed by atoms with Crippen molar-refractivity contribution in [3.63, 3.8) is 0 Å². The van der Waals surface area contributed by atoms with Crippen LogP contribution in [0.1, 0.15) is 27.1 Å². The average molecular weight is 383 g/mol. The second kappa shape index (κ2) is 8.40. The minimum absolute atomic E-state index is 0.0157. The first-order chi connectivity index (χ1) is 13.5. The van der Waals surface area contributed by atoms with Gasteiger partial charge in [-0.15, -0.1) is 0 Å². The van der Waals surface area contributed by atoms with Crippen molar-refractivity contribution in [2.75, 3.05) is 18.4 Å². The summed E-state index contributed by atoms with van der Waals surface area (Å²) in [7, 11) is 1.73. The summed E-state index contributed by atoms with van der Waals surface area (Å²) in [6, 6.07) is 9.29. The van der Waals surface area contributed by atoms with Gasteiger partial charge in [0.25, 0.3) is 11.8 Å². The van der Waals surface area contributed by atoms with E-state index in [4.69, 9.17) is 10.2 Å². The molecule has 0 spiro atoms. The fourth-order valence-electron chi connectivity index (χ4n) is 2.63. The van der Waals surface area contributed by atoms with Crippen molar-refractivity contribution in [2.24, 2.45) is 12.8 Å². The monoisotopic (exact) mass is 383 g/mol. The van der Waals surface area contributed by atoms with E-state index in [1.807, 2.05) is 0 Å². The van der Waals surface area contributed by atoms with Crippen molar-refractivity contribution < 1.29 is 19.1 Å². The Morgan fingerprint density at radius 1 is 1.25 bits per heavy atom. The summed E-state index contributed by atoms with van der Waals surface area (Å²) in [5.41, 5.74) is 6.33. The minimum Gasteiger partial charge on any atom is -0.507 e. The summed E-state index contributed by atoms with van der Waals surface area (Å²) in [6.45, 7) is 0.827. The molecule has 3 rings (SSSR count). The van der Waals surface area contributed by atoms with Gasteiger partial charge in [0.1, 0.15) is 11.4 Å². The van der Waals surface area contributed by atoms with E-state index < -0.39 is 11.8 Å². The number of phenols is 1. The Morgan fingerprint density at radius 2 is 2.07 bits per heavy atom. The maximum atomic E-state index is 12.6. The van der Waals surface area contributed by atoms with Crippen LogP contribution in [0.15, 0.2) is 47.1 Å². The molecule has 0 aliphatic heterocycles. The van der Waals surface area contributed by atoms with Crippen LogP contribution >= 0.6 is 0 Å². The molecule has 2 amide bonds. The molecular formula is C19H21N5O4. The Bertz CT molecular complexity index is 978. The van der Waals surface area contributed by atoms with E-state index in [0.29, 0.717) is 36.8 Å². The molecule has 2 heterocycles. The third kappa shape index (κ3) is 4.21. The van der Waals surface area contributed by atoms with Gasteiger partial charge in [0, 0.05) is 25.2 Å². The van der Waals surface area contributed by atoms with Gasteiger partial charge in [-0.05, 0) is 43.3 Å². The van der Waals surface area contributed by atoms with Gasteiger partial charge in [-0.25, -0.2) is 0 Å². The lowest BCUT2D eigenvalue weighted by atomic mass is 10.1. The van der Waals surface area contributed by atoms with Crippen molar-refractivity contribution >= 4 is 17.6 Å². The first kappa shape index (κ1) is 19.2. The lowest BCUT2D eigenvalue weighted by molar-refractivity contribution is 0.0951. The largest absolute Gasteiger partial charge is 0.507 e. The molecule has 9 nitrogen and oxygen atoms in total. The van der Waals surface area contributed by atoms with Crippen LogP contribution in [0.3, 0.4) is 0 Å². The smallest absolute Gasteiger partial charge is 0.256 e. The number of hydrogen-bond donors (Lipinski definition) is 4. The highest BCUT2D eigenvalue weighted by atomic mass is 16.3. The van der Waals surface area contributed by atoms with Crippen molar-refractivity contribution in [3.05, 3.63) is 53.8 Å². The van der Waals surface area contributed by atoms with Crippen LogP contribution in [-0.2, 0) is 7.05 Å². The van der Waals surface area contributed by atoms with Crippen LogP contribution in [0.2, 0.25) is 0 Å². The van der Waals surface area contributed by atoms with Gasteiger partial charge in [0.05, 0.1) is 11.8 Å². The molecule has 0 atom stereocenters. The number of hydrogen-bond acceptors (Lipinski definition) is 6. The van der Waals surface area contributed by atoms with Crippen LogP contribution in [0.25, 0.3) is 11.5 Å². The second-order valence-corrected chi connectivity index (χ2v) is 6.10. The van der Waals surface area contributed by atoms with E-state index in [9.17, 15) is 14.7 Å². The molecule has 0 saturated carbocycles. The molecule has 0 fully saturated rings. The van der Waals surface area contributed by atoms with Crippen molar-refractivity contribution in [1.82, 2.24) is 15.1 Å². The predicted octanol–water partition coefficient (Wildman–Crippen LogP) is 1.72. The molecule has 0 unspecified atom stereocenters. The quantitative estimate of drug-likeness (QED) is 0.459. The fourth-order valence-corrected chi connectivity index (χ4v) is 2.63. The number of aromatic nitrogens is 2. The van der Waals surface area contributed by atoms with E-state index in [0.717, 1.165) is 0 Å². The number of phenolic OH excluding ortho intramolecular Hbond substituents is 1. The Hall–Kier alpha value is -3.59. The number of carbonyl (C=O) groups is 2. The zero-order valence-corrected chi connectivity index (χ0v) is 15.3. The molecule has 28 heavy (non-hydrogen) atoms. The Morgan fingerprint density at radius 3 is 2.79 bits per heavy atom. The molecule has 0 saturated heterocycles. The summed E-state index contributed by atoms with van der Waals surface area (Å²) >= 11 is 0. The van der Waals surface area contributed by atoms with Crippen LogP contribution in [0.4, 0.5) is 5.82 Å². The van der Waals surface area contributed by atoms with E-state index in [1.165, 1.54) is 18.2 Å². The zero-order chi connectivity index (χ0) is 20.1. The maximum absolute atomic E-state index is 12.6. The number of nitrogens with one attached hydrogen (secondary N) is 2. The summed E-state index contributed by atoms with van der Waals surface area (Å²) in [6.07, 6.45) is 2.17. The third-order valence-corrected chi connectivity index (χ3v) is 4.06. The number of amides is 2. The molecule has 0 radical (unpaired) electrons. The lowest BCUT2D eigenvalue weighted by Gasteiger charge is -2.08. The number of anilines is 1. The van der Waals surface area contributed by atoms with Gasteiger partial charge in [-0.1, -0.05) is 0 Å². The second-order valence-electron chi connectivity index (χ2n) is 6.10. The first-order valence-corrected chi connectivity index (χ1v) is 8.70.